The zero-order valence-electron chi connectivity index (χ0n) is 21.1. The van der Waals surface area contributed by atoms with Crippen molar-refractivity contribution in [3.8, 4) is 5.75 Å². The van der Waals surface area contributed by atoms with Gasteiger partial charge in [-0.05, 0) is 25.0 Å². The van der Waals surface area contributed by atoms with Gasteiger partial charge in [-0.25, -0.2) is 13.6 Å². The Morgan fingerprint density at radius 3 is 2.45 bits per heavy atom. The monoisotopic (exact) mass is 570 g/mol. The average Bonchev–Trinajstić information content (AvgIpc) is 3.52. The second-order valence-corrected chi connectivity index (χ2v) is 9.77. The molecule has 0 N–H and O–H groups in total. The van der Waals surface area contributed by atoms with Crippen LogP contribution in [0.3, 0.4) is 0 Å². The molecule has 0 heterocycles. The number of carbonyl (C=O) groups excluding carboxylic acids is 1. The van der Waals surface area contributed by atoms with Crippen LogP contribution in [0, 0.1) is 17.6 Å². The first-order valence-electron chi connectivity index (χ1n) is 11.3. The number of halogens is 4. The summed E-state index contributed by atoms with van der Waals surface area (Å²) in [7, 11) is 3.92. The molecule has 0 spiro atoms. The number of methoxy groups -OCH3 is 2. The molecule has 38 heavy (non-hydrogen) atoms. The number of nitrogens with zero attached hydrogens (tertiary/aromatic N) is 2. The minimum atomic E-state index is -0.901. The van der Waals surface area contributed by atoms with Crippen LogP contribution in [0.5, 0.6) is 5.75 Å². The molecule has 1 atom stereocenters. The Hall–Kier alpha value is -3.37. The van der Waals surface area contributed by atoms with Crippen LogP contribution in [0.15, 0.2) is 53.0 Å². The van der Waals surface area contributed by atoms with E-state index in [-0.39, 0.29) is 47.4 Å². The number of alkyl halides is 2. The minimum Gasteiger partial charge on any atom is -0.503 e. The third-order valence-electron chi connectivity index (χ3n) is 5.57. The molecule has 204 valence electrons. The van der Waals surface area contributed by atoms with E-state index >= 15 is 0 Å². The van der Waals surface area contributed by atoms with Crippen LogP contribution in [0.25, 0.3) is 5.57 Å². The van der Waals surface area contributed by atoms with Crippen molar-refractivity contribution in [1.29, 1.82) is 0 Å². The Morgan fingerprint density at radius 2 is 1.82 bits per heavy atom. The van der Waals surface area contributed by atoms with Gasteiger partial charge in [0.15, 0.2) is 11.6 Å². The number of hydrogen-bond acceptors (Lipinski definition) is 8. The van der Waals surface area contributed by atoms with E-state index in [0.29, 0.717) is 17.5 Å². The summed E-state index contributed by atoms with van der Waals surface area (Å²) in [6, 6.07) is 8.74. The molecular formula is C26H26Cl2F2N2O6. The summed E-state index contributed by atoms with van der Waals surface area (Å²) in [4.78, 5) is 22.5. The van der Waals surface area contributed by atoms with Gasteiger partial charge in [0.2, 0.25) is 0 Å². The van der Waals surface area contributed by atoms with Gasteiger partial charge >= 0.3 is 5.97 Å². The summed E-state index contributed by atoms with van der Waals surface area (Å²) >= 11 is 11.9. The number of rotatable bonds is 12. The summed E-state index contributed by atoms with van der Waals surface area (Å²) < 4.78 is 44.0. The van der Waals surface area contributed by atoms with Gasteiger partial charge in [0.25, 0.3) is 0 Å². The molecule has 0 saturated heterocycles. The molecule has 0 amide bonds. The van der Waals surface area contributed by atoms with Crippen molar-refractivity contribution >= 4 is 46.2 Å². The molecule has 12 heteroatoms. The number of benzene rings is 2. The lowest BCUT2D eigenvalue weighted by atomic mass is 10.0. The predicted octanol–water partition coefficient (Wildman–Crippen LogP) is 5.64. The van der Waals surface area contributed by atoms with Crippen molar-refractivity contribution < 1.29 is 37.5 Å². The van der Waals surface area contributed by atoms with Crippen LogP contribution in [0.2, 0.25) is 0 Å². The predicted molar refractivity (Wildman–Crippen MR) is 139 cm³/mol. The van der Waals surface area contributed by atoms with Crippen LogP contribution in [-0.4, -0.2) is 49.7 Å². The fourth-order valence-electron chi connectivity index (χ4n) is 3.46. The normalized spacial score (nSPS) is 17.1. The van der Waals surface area contributed by atoms with Gasteiger partial charge in [0, 0.05) is 23.1 Å². The van der Waals surface area contributed by atoms with Crippen molar-refractivity contribution in [2.75, 3.05) is 27.9 Å². The summed E-state index contributed by atoms with van der Waals surface area (Å²) in [5, 5.41) is 7.79. The highest BCUT2D eigenvalue weighted by molar-refractivity contribution is 6.50. The highest BCUT2D eigenvalue weighted by atomic mass is 35.5. The lowest BCUT2D eigenvalue weighted by molar-refractivity contribution is -0.133. The summed E-state index contributed by atoms with van der Waals surface area (Å²) in [6.45, 7) is 1.47. The quantitative estimate of drug-likeness (QED) is 0.0819. The maximum atomic E-state index is 15.0. The standard InChI is InChI=1S/C26H26Cl2F2N2O6/c1-15(31-38-12-16-7-5-6-8-18(16)20(14-34-2)25(33)35-3)24(32-36-4)19-9-22(30)23(10-21(19)29)37-13-17-11-26(17,27)28/h5-10,14,17H,11-13H2,1-4H3. The average molecular weight is 571 g/mol. The van der Waals surface area contributed by atoms with E-state index in [0.717, 1.165) is 12.1 Å². The summed E-state index contributed by atoms with van der Waals surface area (Å²) in [5.74, 6) is -2.68. The first-order chi connectivity index (χ1) is 18.1. The molecule has 0 aliphatic heterocycles. The van der Waals surface area contributed by atoms with Crippen molar-refractivity contribution in [2.24, 2.45) is 16.2 Å². The number of hydrogen-bond donors (Lipinski definition) is 0. The number of oxime groups is 2. The number of esters is 1. The Balaban J connectivity index is 1.78. The van der Waals surface area contributed by atoms with Crippen LogP contribution in [0.4, 0.5) is 8.78 Å². The molecule has 8 nitrogen and oxygen atoms in total. The van der Waals surface area contributed by atoms with Crippen LogP contribution >= 0.6 is 23.2 Å². The zero-order valence-corrected chi connectivity index (χ0v) is 22.6. The van der Waals surface area contributed by atoms with Crippen LogP contribution in [0.1, 0.15) is 30.0 Å². The fraction of sp³-hybridized carbons (Fsp3) is 0.346. The van der Waals surface area contributed by atoms with Gasteiger partial charge < -0.3 is 23.9 Å². The molecule has 3 rings (SSSR count). The van der Waals surface area contributed by atoms with Crippen LogP contribution < -0.4 is 4.74 Å². The minimum absolute atomic E-state index is 0.0504. The third kappa shape index (κ3) is 7.14. The first kappa shape index (κ1) is 29.2. The molecule has 0 aromatic heterocycles. The fourth-order valence-corrected chi connectivity index (χ4v) is 3.96. The van der Waals surface area contributed by atoms with E-state index in [4.69, 9.17) is 47.1 Å². The largest absolute Gasteiger partial charge is 0.503 e. The van der Waals surface area contributed by atoms with E-state index in [1.165, 1.54) is 34.5 Å². The van der Waals surface area contributed by atoms with E-state index in [1.54, 1.807) is 24.3 Å². The van der Waals surface area contributed by atoms with Crippen molar-refractivity contribution in [1.82, 2.24) is 0 Å². The molecule has 1 aliphatic carbocycles. The molecule has 1 saturated carbocycles. The van der Waals surface area contributed by atoms with E-state index in [2.05, 4.69) is 10.3 Å². The second-order valence-electron chi connectivity index (χ2n) is 8.22. The van der Waals surface area contributed by atoms with Gasteiger partial charge in [0.05, 0.1) is 27.1 Å². The highest BCUT2D eigenvalue weighted by Gasteiger charge is 2.52. The number of ether oxygens (including phenoxy) is 3. The van der Waals surface area contributed by atoms with Gasteiger partial charge in [-0.15, -0.1) is 23.2 Å². The van der Waals surface area contributed by atoms with Gasteiger partial charge in [-0.2, -0.15) is 0 Å². The SMILES string of the molecule is COC=C(C(=O)OC)c1ccccc1CON=C(C)C(=NOC)c1cc(F)c(OCC2CC2(Cl)Cl)cc1F. The maximum Gasteiger partial charge on any atom is 0.341 e. The first-order valence-corrected chi connectivity index (χ1v) is 12.1. The summed E-state index contributed by atoms with van der Waals surface area (Å²) in [6.07, 6.45) is 1.77. The Bertz CT molecular complexity index is 1270. The Labute approximate surface area is 228 Å². The number of carbonyl (C=O) groups is 1. The smallest absolute Gasteiger partial charge is 0.341 e. The van der Waals surface area contributed by atoms with Gasteiger partial charge in [-0.3, -0.25) is 0 Å². The molecule has 0 bridgehead atoms. The van der Waals surface area contributed by atoms with E-state index in [9.17, 15) is 13.6 Å². The zero-order chi connectivity index (χ0) is 27.9. The third-order valence-corrected chi connectivity index (χ3v) is 6.49. The van der Waals surface area contributed by atoms with Crippen molar-refractivity contribution in [3.63, 3.8) is 0 Å². The molecular weight excluding hydrogens is 545 g/mol. The van der Waals surface area contributed by atoms with E-state index in [1.807, 2.05) is 0 Å². The summed E-state index contributed by atoms with van der Waals surface area (Å²) in [5.41, 5.74) is 1.07. The van der Waals surface area contributed by atoms with Crippen molar-refractivity contribution in [3.05, 3.63) is 71.0 Å². The van der Waals surface area contributed by atoms with Gasteiger partial charge in [-0.1, -0.05) is 34.6 Å². The Kier molecular flexibility index (Phi) is 9.93. The molecule has 1 aliphatic rings. The molecule has 2 aromatic rings. The molecule has 1 unspecified atom stereocenters. The highest BCUT2D eigenvalue weighted by Crippen LogP contribution is 2.53. The lowest BCUT2D eigenvalue weighted by Crippen LogP contribution is -2.16. The van der Waals surface area contributed by atoms with Crippen molar-refractivity contribution in [2.45, 2.75) is 24.3 Å². The topological polar surface area (TPSA) is 87.9 Å². The maximum absolute atomic E-state index is 15.0. The van der Waals surface area contributed by atoms with Crippen LogP contribution in [-0.2, 0) is 30.6 Å². The molecule has 1 fully saturated rings. The van der Waals surface area contributed by atoms with E-state index < -0.39 is 21.9 Å². The molecule has 2 aromatic carbocycles. The van der Waals surface area contributed by atoms with Gasteiger partial charge in [0.1, 0.15) is 40.9 Å². The molecule has 0 radical (unpaired) electrons. The second kappa shape index (κ2) is 12.9. The Morgan fingerprint density at radius 1 is 1.11 bits per heavy atom. The lowest BCUT2D eigenvalue weighted by Gasteiger charge is -2.12.